The molecule has 8 heteroatoms. The molecule has 1 aliphatic rings. The van der Waals surface area contributed by atoms with Crippen LogP contribution in [-0.4, -0.2) is 46.3 Å². The number of nitrogens with zero attached hydrogens (tertiary/aromatic N) is 1. The van der Waals surface area contributed by atoms with E-state index in [4.69, 9.17) is 10.5 Å². The van der Waals surface area contributed by atoms with Crippen molar-refractivity contribution in [3.63, 3.8) is 0 Å². The Kier molecular flexibility index (Phi) is 5.97. The summed E-state index contributed by atoms with van der Waals surface area (Å²) < 4.78 is 4.93. The summed E-state index contributed by atoms with van der Waals surface area (Å²) in [6, 6.07) is -0.421. The molecule has 0 radical (unpaired) electrons. The Balaban J connectivity index is 2.01. The molecule has 1 aliphatic carbocycles. The highest BCUT2D eigenvalue weighted by atomic mass is 16.5. The maximum Gasteiger partial charge on any atom is 0.404 e. The highest BCUT2D eigenvalue weighted by molar-refractivity contribution is 5.83. The summed E-state index contributed by atoms with van der Waals surface area (Å²) in [5.41, 5.74) is 5.12. The third-order valence-corrected chi connectivity index (χ3v) is 4.36. The minimum atomic E-state index is -0.876. The maximum atomic E-state index is 12.8. The van der Waals surface area contributed by atoms with Crippen LogP contribution in [-0.2, 0) is 16.0 Å². The number of aliphatic hydroxyl groups excluding tert-OH is 1. The van der Waals surface area contributed by atoms with Crippen LogP contribution in [0.3, 0.4) is 0 Å². The van der Waals surface area contributed by atoms with Crippen LogP contribution in [0.5, 0.6) is 0 Å². The van der Waals surface area contributed by atoms with Crippen LogP contribution in [0.2, 0.25) is 0 Å². The highest BCUT2D eigenvalue weighted by Gasteiger charge is 2.41. The fourth-order valence-corrected chi connectivity index (χ4v) is 3.04. The number of ether oxygens (including phenoxy) is 1. The monoisotopic (exact) mass is 324 g/mol. The molecular weight excluding hydrogens is 300 g/mol. The number of aromatic nitrogens is 2. The van der Waals surface area contributed by atoms with Gasteiger partial charge in [-0.3, -0.25) is 4.79 Å². The summed E-state index contributed by atoms with van der Waals surface area (Å²) in [5.74, 6) is -0.197. The molecule has 1 aromatic rings. The van der Waals surface area contributed by atoms with Crippen LogP contribution in [0.25, 0.3) is 0 Å². The zero-order valence-corrected chi connectivity index (χ0v) is 13.1. The number of nitrogens with two attached hydrogens (primary N) is 1. The molecule has 23 heavy (non-hydrogen) atoms. The fraction of sp³-hybridized carbons (Fsp3) is 0.667. The zero-order chi connectivity index (χ0) is 16.7. The first-order chi connectivity index (χ1) is 11.1. The quantitative estimate of drug-likeness (QED) is 0.579. The summed E-state index contributed by atoms with van der Waals surface area (Å²) in [7, 11) is 0. The number of hydrogen-bond donors (Lipinski definition) is 4. The lowest BCUT2D eigenvalue weighted by Gasteiger charge is -2.36. The van der Waals surface area contributed by atoms with Crippen molar-refractivity contribution < 1.29 is 19.4 Å². The summed E-state index contributed by atoms with van der Waals surface area (Å²) >= 11 is 0. The van der Waals surface area contributed by atoms with Gasteiger partial charge >= 0.3 is 6.09 Å². The molecule has 128 valence electrons. The number of aromatic amines is 1. The first kappa shape index (κ1) is 17.3. The van der Waals surface area contributed by atoms with E-state index < -0.39 is 17.6 Å². The molecule has 0 saturated heterocycles. The fourth-order valence-electron chi connectivity index (χ4n) is 3.04. The molecular formula is C15H24N4O4. The number of rotatable bonds is 7. The van der Waals surface area contributed by atoms with Gasteiger partial charge in [-0.1, -0.05) is 19.3 Å². The van der Waals surface area contributed by atoms with Gasteiger partial charge in [0.05, 0.1) is 24.4 Å². The molecule has 8 nitrogen and oxygen atoms in total. The lowest BCUT2D eigenvalue weighted by atomic mass is 9.73. The van der Waals surface area contributed by atoms with Gasteiger partial charge in [0.2, 0.25) is 5.91 Å². The van der Waals surface area contributed by atoms with Gasteiger partial charge in [0.1, 0.15) is 6.61 Å². The largest absolute Gasteiger partial charge is 0.449 e. The number of carbonyl (C=O) groups excluding carboxylic acids is 2. The normalized spacial score (nSPS) is 18.1. The summed E-state index contributed by atoms with van der Waals surface area (Å²) in [5, 5.41) is 12.4. The van der Waals surface area contributed by atoms with Crippen molar-refractivity contribution in [3.05, 3.63) is 18.2 Å². The molecule has 1 fully saturated rings. The summed E-state index contributed by atoms with van der Waals surface area (Å²) in [6.07, 6.45) is 6.94. The number of primary amides is 1. The Morgan fingerprint density at radius 3 is 2.74 bits per heavy atom. The number of carbonyl (C=O) groups is 2. The standard InChI is InChI=1S/C15H24N4O4/c16-14(22)23-9-15(4-2-1-3-5-15)13(21)19-12(8-20)6-11-7-17-10-18-11/h7,10,12,20H,1-6,8-9H2,(H2,16,22)(H,17,18)(H,19,21). The van der Waals surface area contributed by atoms with Gasteiger partial charge in [0.15, 0.2) is 0 Å². The summed E-state index contributed by atoms with van der Waals surface area (Å²) in [6.45, 7) is -0.201. The minimum Gasteiger partial charge on any atom is -0.449 e. The van der Waals surface area contributed by atoms with Gasteiger partial charge in [-0.15, -0.1) is 0 Å². The van der Waals surface area contributed by atoms with Crippen LogP contribution in [0.4, 0.5) is 4.79 Å². The van der Waals surface area contributed by atoms with Crippen LogP contribution in [0.1, 0.15) is 37.8 Å². The number of hydrogen-bond acceptors (Lipinski definition) is 5. The van der Waals surface area contributed by atoms with E-state index >= 15 is 0 Å². The molecule has 2 amide bonds. The molecule has 1 saturated carbocycles. The molecule has 0 aromatic carbocycles. The second-order valence-corrected chi connectivity index (χ2v) is 6.08. The number of amides is 2. The molecule has 0 spiro atoms. The van der Waals surface area contributed by atoms with Gasteiger partial charge in [-0.2, -0.15) is 0 Å². The van der Waals surface area contributed by atoms with E-state index in [0.717, 1.165) is 25.0 Å². The van der Waals surface area contributed by atoms with Crippen LogP contribution in [0.15, 0.2) is 12.5 Å². The van der Waals surface area contributed by atoms with Crippen LogP contribution < -0.4 is 11.1 Å². The van der Waals surface area contributed by atoms with E-state index in [9.17, 15) is 14.7 Å². The predicted octanol–water partition coefficient (Wildman–Crippen LogP) is 0.475. The Morgan fingerprint density at radius 1 is 1.43 bits per heavy atom. The average molecular weight is 324 g/mol. The molecule has 2 rings (SSSR count). The first-order valence-corrected chi connectivity index (χ1v) is 7.87. The lowest BCUT2D eigenvalue weighted by Crippen LogP contribution is -2.51. The lowest BCUT2D eigenvalue weighted by molar-refractivity contribution is -0.136. The number of nitrogens with one attached hydrogen (secondary N) is 2. The predicted molar refractivity (Wildman–Crippen MR) is 82.4 cm³/mol. The molecule has 0 bridgehead atoms. The van der Waals surface area contributed by atoms with Gasteiger partial charge < -0.3 is 25.9 Å². The van der Waals surface area contributed by atoms with Crippen LogP contribution >= 0.6 is 0 Å². The van der Waals surface area contributed by atoms with Crippen LogP contribution in [0, 0.1) is 5.41 Å². The molecule has 1 unspecified atom stereocenters. The van der Waals surface area contributed by atoms with Gasteiger partial charge in [-0.25, -0.2) is 9.78 Å². The number of H-pyrrole nitrogens is 1. The Labute approximate surface area is 134 Å². The van der Waals surface area contributed by atoms with Crippen molar-refractivity contribution in [2.45, 2.75) is 44.6 Å². The highest BCUT2D eigenvalue weighted by Crippen LogP contribution is 2.37. The molecule has 5 N–H and O–H groups in total. The molecule has 1 atom stereocenters. The Hall–Kier alpha value is -2.09. The summed E-state index contributed by atoms with van der Waals surface area (Å²) in [4.78, 5) is 30.5. The molecule has 1 aromatic heterocycles. The van der Waals surface area contributed by atoms with Crippen molar-refractivity contribution in [1.29, 1.82) is 0 Å². The number of imidazole rings is 1. The molecule has 1 heterocycles. The van der Waals surface area contributed by atoms with Crippen molar-refractivity contribution in [2.24, 2.45) is 11.1 Å². The zero-order valence-electron chi connectivity index (χ0n) is 13.1. The van der Waals surface area contributed by atoms with E-state index in [1.165, 1.54) is 0 Å². The van der Waals surface area contributed by atoms with Crippen molar-refractivity contribution in [3.8, 4) is 0 Å². The van der Waals surface area contributed by atoms with E-state index in [1.807, 2.05) is 0 Å². The second kappa shape index (κ2) is 7.96. The smallest absolute Gasteiger partial charge is 0.404 e. The van der Waals surface area contributed by atoms with Gasteiger partial charge in [0.25, 0.3) is 0 Å². The first-order valence-electron chi connectivity index (χ1n) is 7.87. The van der Waals surface area contributed by atoms with Gasteiger partial charge in [-0.05, 0) is 12.8 Å². The Bertz CT molecular complexity index is 512. The maximum absolute atomic E-state index is 12.8. The van der Waals surface area contributed by atoms with E-state index in [-0.39, 0.29) is 19.1 Å². The Morgan fingerprint density at radius 2 is 2.17 bits per heavy atom. The van der Waals surface area contributed by atoms with Crippen molar-refractivity contribution >= 4 is 12.0 Å². The van der Waals surface area contributed by atoms with Crippen molar-refractivity contribution in [1.82, 2.24) is 15.3 Å². The van der Waals surface area contributed by atoms with E-state index in [1.54, 1.807) is 12.5 Å². The SMILES string of the molecule is NC(=O)OCC1(C(=O)NC(CO)Cc2cnc[nH]2)CCCCC1. The second-order valence-electron chi connectivity index (χ2n) is 6.08. The third-order valence-electron chi connectivity index (χ3n) is 4.36. The van der Waals surface area contributed by atoms with E-state index in [0.29, 0.717) is 19.3 Å². The van der Waals surface area contributed by atoms with Crippen molar-refractivity contribution in [2.75, 3.05) is 13.2 Å². The topological polar surface area (TPSA) is 130 Å². The van der Waals surface area contributed by atoms with Gasteiger partial charge in [0, 0.05) is 18.3 Å². The average Bonchev–Trinajstić information content (AvgIpc) is 3.06. The number of aliphatic hydroxyl groups is 1. The molecule has 0 aliphatic heterocycles. The minimum absolute atomic E-state index is 0.0175. The third kappa shape index (κ3) is 4.69. The van der Waals surface area contributed by atoms with E-state index in [2.05, 4.69) is 15.3 Å².